The zero-order valence-electron chi connectivity index (χ0n) is 11.2. The van der Waals surface area contributed by atoms with Gasteiger partial charge in [-0.25, -0.2) is 4.39 Å². The van der Waals surface area contributed by atoms with E-state index in [9.17, 15) is 4.39 Å². The summed E-state index contributed by atoms with van der Waals surface area (Å²) in [6, 6.07) is 13.9. The second kappa shape index (κ2) is 6.18. The summed E-state index contributed by atoms with van der Waals surface area (Å²) < 4.78 is 13.5. The first-order valence-corrected chi connectivity index (χ1v) is 6.23. The molecule has 3 nitrogen and oxygen atoms in total. The van der Waals surface area contributed by atoms with E-state index in [2.05, 4.69) is 6.07 Å². The van der Waals surface area contributed by atoms with Crippen LogP contribution in [0.4, 0.5) is 10.1 Å². The van der Waals surface area contributed by atoms with Crippen molar-refractivity contribution in [3.05, 3.63) is 65.0 Å². The van der Waals surface area contributed by atoms with Crippen LogP contribution in [0.1, 0.15) is 16.7 Å². The molecule has 0 amide bonds. The first-order valence-electron chi connectivity index (χ1n) is 6.23. The van der Waals surface area contributed by atoms with Gasteiger partial charge in [0.15, 0.2) is 0 Å². The van der Waals surface area contributed by atoms with Gasteiger partial charge in [0.25, 0.3) is 0 Å². The van der Waals surface area contributed by atoms with E-state index in [4.69, 9.17) is 10.4 Å². The van der Waals surface area contributed by atoms with Crippen LogP contribution in [0.2, 0.25) is 0 Å². The van der Waals surface area contributed by atoms with Crippen molar-refractivity contribution in [2.24, 2.45) is 0 Å². The molecule has 20 heavy (non-hydrogen) atoms. The zero-order chi connectivity index (χ0) is 14.5. The molecule has 0 bridgehead atoms. The van der Waals surface area contributed by atoms with Crippen molar-refractivity contribution in [2.45, 2.75) is 13.2 Å². The molecule has 0 saturated heterocycles. The van der Waals surface area contributed by atoms with E-state index in [0.717, 1.165) is 5.56 Å². The third kappa shape index (κ3) is 3.34. The SMILES string of the molecule is CN(Cc1cccc(C#N)c1)c1cc(F)cc(CO)c1. The van der Waals surface area contributed by atoms with E-state index in [1.165, 1.54) is 12.1 Å². The number of aliphatic hydroxyl groups is 1. The Morgan fingerprint density at radius 1 is 1.20 bits per heavy atom. The van der Waals surface area contributed by atoms with Gasteiger partial charge in [0, 0.05) is 19.3 Å². The highest BCUT2D eigenvalue weighted by atomic mass is 19.1. The lowest BCUT2D eigenvalue weighted by Gasteiger charge is -2.20. The molecule has 0 aliphatic heterocycles. The number of hydrogen-bond acceptors (Lipinski definition) is 3. The highest BCUT2D eigenvalue weighted by Gasteiger charge is 2.06. The summed E-state index contributed by atoms with van der Waals surface area (Å²) in [5, 5.41) is 18.0. The third-order valence-corrected chi connectivity index (χ3v) is 3.04. The van der Waals surface area contributed by atoms with Gasteiger partial charge in [-0.05, 0) is 41.5 Å². The summed E-state index contributed by atoms with van der Waals surface area (Å²) in [7, 11) is 1.84. The minimum Gasteiger partial charge on any atom is -0.392 e. The summed E-state index contributed by atoms with van der Waals surface area (Å²) in [5.41, 5.74) is 2.81. The molecule has 0 atom stereocenters. The number of halogens is 1. The van der Waals surface area contributed by atoms with Gasteiger partial charge in [-0.1, -0.05) is 12.1 Å². The van der Waals surface area contributed by atoms with Crippen LogP contribution in [0.25, 0.3) is 0 Å². The van der Waals surface area contributed by atoms with E-state index in [-0.39, 0.29) is 12.4 Å². The van der Waals surface area contributed by atoms with E-state index in [0.29, 0.717) is 23.4 Å². The number of hydrogen-bond donors (Lipinski definition) is 1. The molecule has 2 aromatic carbocycles. The maximum atomic E-state index is 13.5. The fraction of sp³-hybridized carbons (Fsp3) is 0.188. The predicted molar refractivity (Wildman–Crippen MR) is 75.6 cm³/mol. The van der Waals surface area contributed by atoms with Crippen LogP contribution in [-0.4, -0.2) is 12.2 Å². The van der Waals surface area contributed by atoms with E-state index >= 15 is 0 Å². The summed E-state index contributed by atoms with van der Waals surface area (Å²) in [5.74, 6) is -0.371. The average Bonchev–Trinajstić information content (AvgIpc) is 2.46. The third-order valence-electron chi connectivity index (χ3n) is 3.04. The molecule has 0 unspecified atom stereocenters. The molecular weight excluding hydrogens is 255 g/mol. The Morgan fingerprint density at radius 3 is 2.70 bits per heavy atom. The van der Waals surface area contributed by atoms with Crippen LogP contribution in [0, 0.1) is 17.1 Å². The van der Waals surface area contributed by atoms with Gasteiger partial charge in [0.05, 0.1) is 18.2 Å². The van der Waals surface area contributed by atoms with Gasteiger partial charge in [-0.15, -0.1) is 0 Å². The van der Waals surface area contributed by atoms with Crippen molar-refractivity contribution < 1.29 is 9.50 Å². The molecule has 0 aliphatic carbocycles. The lowest BCUT2D eigenvalue weighted by Crippen LogP contribution is -2.16. The molecule has 0 aliphatic rings. The Kier molecular flexibility index (Phi) is 4.34. The second-order valence-corrected chi connectivity index (χ2v) is 4.64. The average molecular weight is 270 g/mol. The number of aliphatic hydroxyl groups excluding tert-OH is 1. The Bertz CT molecular complexity index is 649. The lowest BCUT2D eigenvalue weighted by atomic mass is 10.1. The van der Waals surface area contributed by atoms with Gasteiger partial charge in [-0.2, -0.15) is 5.26 Å². The van der Waals surface area contributed by atoms with Gasteiger partial charge in [0.1, 0.15) is 5.82 Å². The highest BCUT2D eigenvalue weighted by Crippen LogP contribution is 2.20. The maximum absolute atomic E-state index is 13.5. The van der Waals surface area contributed by atoms with Crippen LogP contribution in [0.15, 0.2) is 42.5 Å². The molecule has 2 rings (SSSR count). The largest absolute Gasteiger partial charge is 0.392 e. The number of nitriles is 1. The number of rotatable bonds is 4. The van der Waals surface area contributed by atoms with Crippen molar-refractivity contribution in [3.63, 3.8) is 0 Å². The summed E-state index contributed by atoms with van der Waals surface area (Å²) in [6.07, 6.45) is 0. The minimum atomic E-state index is -0.371. The first kappa shape index (κ1) is 14.0. The van der Waals surface area contributed by atoms with Crippen molar-refractivity contribution in [1.82, 2.24) is 0 Å². The Balaban J connectivity index is 2.21. The standard InChI is InChI=1S/C16H15FN2O/c1-19(10-13-4-2-3-12(5-13)9-18)16-7-14(11-20)6-15(17)8-16/h2-8,20H,10-11H2,1H3. The van der Waals surface area contributed by atoms with Gasteiger partial charge < -0.3 is 10.0 Å². The van der Waals surface area contributed by atoms with Crippen LogP contribution in [0.5, 0.6) is 0 Å². The molecule has 0 spiro atoms. The van der Waals surface area contributed by atoms with E-state index in [1.54, 1.807) is 12.1 Å². The molecule has 4 heteroatoms. The summed E-state index contributed by atoms with van der Waals surface area (Å²) in [6.45, 7) is 0.367. The Morgan fingerprint density at radius 2 is 2.00 bits per heavy atom. The second-order valence-electron chi connectivity index (χ2n) is 4.64. The van der Waals surface area contributed by atoms with E-state index in [1.807, 2.05) is 30.1 Å². The fourth-order valence-corrected chi connectivity index (χ4v) is 2.05. The summed E-state index contributed by atoms with van der Waals surface area (Å²) in [4.78, 5) is 1.87. The van der Waals surface area contributed by atoms with Crippen LogP contribution >= 0.6 is 0 Å². The van der Waals surface area contributed by atoms with Crippen molar-refractivity contribution in [2.75, 3.05) is 11.9 Å². The normalized spacial score (nSPS) is 10.1. The molecule has 1 N–H and O–H groups in total. The van der Waals surface area contributed by atoms with Crippen LogP contribution in [-0.2, 0) is 13.2 Å². The molecule has 0 saturated carbocycles. The predicted octanol–water partition coefficient (Wildman–Crippen LogP) is 2.83. The first-order chi connectivity index (χ1) is 9.62. The summed E-state index contributed by atoms with van der Waals surface area (Å²) >= 11 is 0. The van der Waals surface area contributed by atoms with E-state index < -0.39 is 0 Å². The number of nitrogens with zero attached hydrogens (tertiary/aromatic N) is 2. The fourth-order valence-electron chi connectivity index (χ4n) is 2.05. The van der Waals surface area contributed by atoms with Crippen LogP contribution < -0.4 is 4.90 Å². The van der Waals surface area contributed by atoms with Crippen molar-refractivity contribution in [1.29, 1.82) is 5.26 Å². The molecule has 102 valence electrons. The van der Waals surface area contributed by atoms with Crippen LogP contribution in [0.3, 0.4) is 0 Å². The monoisotopic (exact) mass is 270 g/mol. The topological polar surface area (TPSA) is 47.3 Å². The quantitative estimate of drug-likeness (QED) is 0.929. The van der Waals surface area contributed by atoms with Gasteiger partial charge in [-0.3, -0.25) is 0 Å². The lowest BCUT2D eigenvalue weighted by molar-refractivity contribution is 0.281. The van der Waals surface area contributed by atoms with Crippen molar-refractivity contribution in [3.8, 4) is 6.07 Å². The Labute approximate surface area is 117 Å². The van der Waals surface area contributed by atoms with Gasteiger partial charge >= 0.3 is 0 Å². The molecule has 0 aromatic heterocycles. The maximum Gasteiger partial charge on any atom is 0.125 e. The smallest absolute Gasteiger partial charge is 0.125 e. The zero-order valence-corrected chi connectivity index (χ0v) is 11.2. The molecular formula is C16H15FN2O. The molecule has 0 radical (unpaired) electrons. The van der Waals surface area contributed by atoms with Gasteiger partial charge in [0.2, 0.25) is 0 Å². The van der Waals surface area contributed by atoms with Crippen molar-refractivity contribution >= 4 is 5.69 Å². The molecule has 0 heterocycles. The molecule has 2 aromatic rings. The number of anilines is 1. The number of benzene rings is 2. The highest BCUT2D eigenvalue weighted by molar-refractivity contribution is 5.49. The Hall–Kier alpha value is -2.38. The minimum absolute atomic E-state index is 0.192. The molecule has 0 fully saturated rings.